The number of ketones is 1. The van der Waals surface area contributed by atoms with E-state index in [9.17, 15) is 15.3 Å². The molecule has 0 N–H and O–H groups in total. The SMILES string of the molecule is Cn1c2ccccc2c2cc(/C=C3\C(=O)c4ccccc4C3=C(C#N)C#N)sc21. The molecule has 5 rings (SSSR count). The number of para-hydroxylation sites is 1. The van der Waals surface area contributed by atoms with Crippen LogP contribution in [0.1, 0.15) is 20.8 Å². The number of nitrogens with zero attached hydrogens (tertiary/aromatic N) is 3. The first-order valence-electron chi connectivity index (χ1n) is 9.01. The lowest BCUT2D eigenvalue weighted by Gasteiger charge is -2.01. The molecule has 1 aliphatic rings. The quantitative estimate of drug-likeness (QED) is 0.319. The molecule has 0 radical (unpaired) electrons. The molecule has 2 heterocycles. The van der Waals surface area contributed by atoms with Crippen LogP contribution in [0.3, 0.4) is 0 Å². The van der Waals surface area contributed by atoms with Gasteiger partial charge in [-0.3, -0.25) is 4.79 Å². The second-order valence-electron chi connectivity index (χ2n) is 6.85. The molecular weight excluding hydrogens is 378 g/mol. The van der Waals surface area contributed by atoms with Gasteiger partial charge in [-0.05, 0) is 23.8 Å². The van der Waals surface area contributed by atoms with Gasteiger partial charge in [0.15, 0.2) is 5.78 Å². The van der Waals surface area contributed by atoms with Crippen molar-refractivity contribution in [3.05, 3.63) is 81.7 Å². The lowest BCUT2D eigenvalue weighted by atomic mass is 9.99. The first-order chi connectivity index (χ1) is 14.1. The van der Waals surface area contributed by atoms with Crippen LogP contribution in [0.5, 0.6) is 0 Å². The zero-order valence-corrected chi connectivity index (χ0v) is 16.2. The van der Waals surface area contributed by atoms with Gasteiger partial charge in [-0.1, -0.05) is 42.5 Å². The number of hydrogen-bond acceptors (Lipinski definition) is 4. The van der Waals surface area contributed by atoms with Crippen molar-refractivity contribution in [1.82, 2.24) is 4.57 Å². The first-order valence-corrected chi connectivity index (χ1v) is 9.83. The van der Waals surface area contributed by atoms with Crippen molar-refractivity contribution in [3.63, 3.8) is 0 Å². The summed E-state index contributed by atoms with van der Waals surface area (Å²) in [5.41, 5.74) is 3.13. The van der Waals surface area contributed by atoms with E-state index in [1.54, 1.807) is 29.5 Å². The summed E-state index contributed by atoms with van der Waals surface area (Å²) < 4.78 is 2.15. The Labute approximate surface area is 170 Å². The summed E-state index contributed by atoms with van der Waals surface area (Å²) >= 11 is 1.59. The Hall–Kier alpha value is -3.93. The molecule has 0 spiro atoms. The Morgan fingerprint density at radius 1 is 1.00 bits per heavy atom. The van der Waals surface area contributed by atoms with Crippen molar-refractivity contribution in [2.24, 2.45) is 7.05 Å². The number of aryl methyl sites for hydroxylation is 1. The normalized spacial score (nSPS) is 14.4. The average Bonchev–Trinajstić information content (AvgIpc) is 3.37. The molecule has 0 fully saturated rings. The number of allylic oxidation sites excluding steroid dienone is 3. The van der Waals surface area contributed by atoms with Crippen LogP contribution in [0.4, 0.5) is 0 Å². The smallest absolute Gasteiger partial charge is 0.194 e. The van der Waals surface area contributed by atoms with Gasteiger partial charge in [0.25, 0.3) is 0 Å². The topological polar surface area (TPSA) is 69.6 Å². The van der Waals surface area contributed by atoms with E-state index in [4.69, 9.17) is 0 Å². The molecule has 0 aliphatic heterocycles. The van der Waals surface area contributed by atoms with Gasteiger partial charge in [-0.25, -0.2) is 0 Å². The van der Waals surface area contributed by atoms with Crippen molar-refractivity contribution < 1.29 is 4.79 Å². The number of fused-ring (bicyclic) bond motifs is 4. The first kappa shape index (κ1) is 17.2. The number of carbonyl (C=O) groups excluding carboxylic acids is 1. The second-order valence-corrected chi connectivity index (χ2v) is 7.91. The van der Waals surface area contributed by atoms with Crippen LogP contribution < -0.4 is 0 Å². The van der Waals surface area contributed by atoms with Gasteiger partial charge in [0.1, 0.15) is 22.5 Å². The Morgan fingerprint density at radius 3 is 2.45 bits per heavy atom. The number of hydrogen-bond donors (Lipinski definition) is 0. The molecule has 136 valence electrons. The highest BCUT2D eigenvalue weighted by Gasteiger charge is 2.32. The molecule has 5 heteroatoms. The molecule has 0 atom stereocenters. The summed E-state index contributed by atoms with van der Waals surface area (Å²) in [5, 5.41) is 21.2. The Bertz CT molecular complexity index is 1480. The monoisotopic (exact) mass is 391 g/mol. The van der Waals surface area contributed by atoms with E-state index in [1.165, 1.54) is 0 Å². The molecule has 4 nitrogen and oxygen atoms in total. The van der Waals surface area contributed by atoms with Gasteiger partial charge in [-0.2, -0.15) is 10.5 Å². The average molecular weight is 391 g/mol. The molecule has 0 unspecified atom stereocenters. The number of thiophene rings is 1. The van der Waals surface area contributed by atoms with Crippen molar-refractivity contribution in [1.29, 1.82) is 10.5 Å². The highest BCUT2D eigenvalue weighted by atomic mass is 32.1. The van der Waals surface area contributed by atoms with Gasteiger partial charge in [0.2, 0.25) is 0 Å². The van der Waals surface area contributed by atoms with Gasteiger partial charge >= 0.3 is 0 Å². The third-order valence-corrected chi connectivity index (χ3v) is 6.47. The third kappa shape index (κ3) is 2.39. The number of nitriles is 2. The minimum Gasteiger partial charge on any atom is -0.335 e. The third-order valence-electron chi connectivity index (χ3n) is 5.31. The number of rotatable bonds is 1. The molecule has 2 aromatic carbocycles. The maximum atomic E-state index is 13.1. The van der Waals surface area contributed by atoms with Gasteiger partial charge < -0.3 is 4.57 Å². The van der Waals surface area contributed by atoms with Crippen molar-refractivity contribution in [3.8, 4) is 12.1 Å². The molecule has 0 amide bonds. The van der Waals surface area contributed by atoms with E-state index < -0.39 is 0 Å². The standard InChI is InChI=1S/C24H13N3OS/c1-27-21-9-5-4-6-16(21)19-10-15(29-24(19)27)11-20-22(14(12-25)13-26)17-7-2-3-8-18(17)23(20)28/h2-11H,1H3/b20-11-. The van der Waals surface area contributed by atoms with Crippen molar-refractivity contribution in [2.45, 2.75) is 0 Å². The van der Waals surface area contributed by atoms with E-state index in [2.05, 4.69) is 22.8 Å². The molecule has 29 heavy (non-hydrogen) atoms. The summed E-state index contributed by atoms with van der Waals surface area (Å²) in [4.78, 5) is 15.1. The fraction of sp³-hybridized carbons (Fsp3) is 0.0417. The minimum absolute atomic E-state index is 0.0406. The predicted octanol–water partition coefficient (Wildman–Crippen LogP) is 5.47. The maximum absolute atomic E-state index is 13.1. The molecule has 0 saturated carbocycles. The van der Waals surface area contributed by atoms with E-state index >= 15 is 0 Å². The molecular formula is C24H13N3OS. The zero-order valence-electron chi connectivity index (χ0n) is 15.4. The van der Waals surface area contributed by atoms with Crippen LogP contribution in [0.2, 0.25) is 0 Å². The number of benzene rings is 2. The van der Waals surface area contributed by atoms with Gasteiger partial charge in [-0.15, -0.1) is 11.3 Å². The van der Waals surface area contributed by atoms with E-state index in [1.807, 2.05) is 43.5 Å². The summed E-state index contributed by atoms with van der Waals surface area (Å²) in [5.74, 6) is -0.152. The number of aromatic nitrogens is 1. The van der Waals surface area contributed by atoms with Crippen LogP contribution in [-0.4, -0.2) is 10.4 Å². The Morgan fingerprint density at radius 2 is 1.69 bits per heavy atom. The second kappa shape index (κ2) is 6.31. The lowest BCUT2D eigenvalue weighted by molar-refractivity contribution is 0.104. The van der Waals surface area contributed by atoms with Crippen LogP contribution in [0, 0.1) is 22.7 Å². The summed E-state index contributed by atoms with van der Waals surface area (Å²) in [6.07, 6.45) is 1.81. The molecule has 1 aliphatic carbocycles. The van der Waals surface area contributed by atoms with Crippen LogP contribution in [-0.2, 0) is 7.05 Å². The fourth-order valence-electron chi connectivity index (χ4n) is 4.01. The fourth-order valence-corrected chi connectivity index (χ4v) is 5.10. The molecule has 0 saturated heterocycles. The number of carbonyl (C=O) groups is 1. The van der Waals surface area contributed by atoms with Crippen molar-refractivity contribution >= 4 is 49.9 Å². The van der Waals surface area contributed by atoms with E-state index in [0.717, 1.165) is 26.0 Å². The molecule has 4 aromatic rings. The predicted molar refractivity (Wildman–Crippen MR) is 115 cm³/mol. The van der Waals surface area contributed by atoms with Gasteiger partial charge in [0, 0.05) is 44.9 Å². The van der Waals surface area contributed by atoms with Crippen LogP contribution >= 0.6 is 11.3 Å². The maximum Gasteiger partial charge on any atom is 0.194 e. The van der Waals surface area contributed by atoms with E-state index in [0.29, 0.717) is 22.3 Å². The van der Waals surface area contributed by atoms with Gasteiger partial charge in [0.05, 0.1) is 0 Å². The summed E-state index contributed by atoms with van der Waals surface area (Å²) in [6, 6.07) is 21.3. The minimum atomic E-state index is -0.152. The lowest BCUT2D eigenvalue weighted by Crippen LogP contribution is -1.95. The highest BCUT2D eigenvalue weighted by Crippen LogP contribution is 2.41. The molecule has 2 aromatic heterocycles. The van der Waals surface area contributed by atoms with Crippen LogP contribution in [0.25, 0.3) is 32.8 Å². The van der Waals surface area contributed by atoms with Crippen LogP contribution in [0.15, 0.2) is 65.7 Å². The summed E-state index contributed by atoms with van der Waals surface area (Å²) in [7, 11) is 2.03. The largest absolute Gasteiger partial charge is 0.335 e. The van der Waals surface area contributed by atoms with Crippen molar-refractivity contribution in [2.75, 3.05) is 0 Å². The summed E-state index contributed by atoms with van der Waals surface area (Å²) in [6.45, 7) is 0. The number of Topliss-reactive ketones (excluding diaryl/α,β-unsaturated/α-hetero) is 1. The zero-order chi connectivity index (χ0) is 20.1. The molecule has 0 bridgehead atoms. The highest BCUT2D eigenvalue weighted by molar-refractivity contribution is 7.19. The Balaban J connectivity index is 1.76. The van der Waals surface area contributed by atoms with E-state index in [-0.39, 0.29) is 11.4 Å². The Kier molecular flexibility index (Phi) is 3.74.